The zero-order chi connectivity index (χ0) is 36.1. The Bertz CT molecular complexity index is 1760. The van der Waals surface area contributed by atoms with E-state index in [4.69, 9.17) is 4.74 Å². The van der Waals surface area contributed by atoms with Gasteiger partial charge in [0, 0.05) is 41.4 Å². The van der Waals surface area contributed by atoms with Gasteiger partial charge in [-0.15, -0.1) is 0 Å². The van der Waals surface area contributed by atoms with Gasteiger partial charge in [0.1, 0.15) is 11.8 Å². The Morgan fingerprint density at radius 3 is 2.08 bits per heavy atom. The van der Waals surface area contributed by atoms with E-state index in [0.29, 0.717) is 18.0 Å². The maximum absolute atomic E-state index is 13.3. The Morgan fingerprint density at radius 2 is 1.48 bits per heavy atom. The molecule has 1 amide bonds. The molecule has 0 bridgehead atoms. The molecule has 1 aromatic heterocycles. The molecule has 1 heterocycles. The second kappa shape index (κ2) is 17.9. The van der Waals surface area contributed by atoms with Crippen LogP contribution in [0.3, 0.4) is 0 Å². The zero-order valence-corrected chi connectivity index (χ0v) is 29.3. The SMILES string of the molecule is CCCCCCCOc1ccc(-c2cnc(-c3ccc(C[C@H](CC(=O)c4ccc(C(C)(C)C#N)cc4)C(=O)N[C@H](C)C(=O)O)cc3)nc2)cc1. The van der Waals surface area contributed by atoms with E-state index >= 15 is 0 Å². The molecule has 0 radical (unpaired) electrons. The normalized spacial score (nSPS) is 12.4. The Balaban J connectivity index is 1.41. The number of benzene rings is 3. The summed E-state index contributed by atoms with van der Waals surface area (Å²) < 4.78 is 5.88. The largest absolute Gasteiger partial charge is 0.494 e. The summed E-state index contributed by atoms with van der Waals surface area (Å²) in [5.41, 5.74) is 3.96. The fourth-order valence-electron chi connectivity index (χ4n) is 5.47. The molecule has 0 saturated carbocycles. The van der Waals surface area contributed by atoms with Crippen LogP contribution in [-0.2, 0) is 21.4 Å². The summed E-state index contributed by atoms with van der Waals surface area (Å²) >= 11 is 0. The molecule has 0 fully saturated rings. The van der Waals surface area contributed by atoms with Crippen LogP contribution in [0.1, 0.15) is 87.7 Å². The van der Waals surface area contributed by atoms with E-state index in [0.717, 1.165) is 40.0 Å². The topological polar surface area (TPSA) is 142 Å². The molecule has 2 N–H and O–H groups in total. The maximum Gasteiger partial charge on any atom is 0.325 e. The number of ketones is 1. The number of amides is 1. The lowest BCUT2D eigenvalue weighted by Gasteiger charge is -2.19. The van der Waals surface area contributed by atoms with Crippen LogP contribution in [0, 0.1) is 17.2 Å². The number of carboxylic acids is 1. The van der Waals surface area contributed by atoms with Gasteiger partial charge in [-0.1, -0.05) is 93.3 Å². The predicted molar refractivity (Wildman–Crippen MR) is 194 cm³/mol. The van der Waals surface area contributed by atoms with E-state index in [1.807, 2.05) is 48.5 Å². The minimum absolute atomic E-state index is 0.113. The number of aromatic nitrogens is 2. The van der Waals surface area contributed by atoms with Crippen molar-refractivity contribution in [2.24, 2.45) is 5.92 Å². The first-order valence-corrected chi connectivity index (χ1v) is 17.2. The van der Waals surface area contributed by atoms with Crippen molar-refractivity contribution >= 4 is 17.7 Å². The number of carbonyl (C=O) groups excluding carboxylic acids is 2. The monoisotopic (exact) mass is 674 g/mol. The molecule has 4 rings (SSSR count). The number of nitrogens with zero attached hydrogens (tertiary/aromatic N) is 3. The number of rotatable bonds is 18. The number of carbonyl (C=O) groups is 3. The van der Waals surface area contributed by atoms with Gasteiger partial charge in [-0.25, -0.2) is 9.97 Å². The average molecular weight is 675 g/mol. The average Bonchev–Trinajstić information content (AvgIpc) is 3.13. The first-order chi connectivity index (χ1) is 24.0. The molecule has 0 aliphatic heterocycles. The number of aliphatic carboxylic acids is 1. The summed E-state index contributed by atoms with van der Waals surface area (Å²) in [5, 5.41) is 21.3. The Hall–Kier alpha value is -5.36. The van der Waals surface area contributed by atoms with Crippen molar-refractivity contribution in [2.45, 2.75) is 84.1 Å². The molecule has 0 unspecified atom stereocenters. The van der Waals surface area contributed by atoms with Crippen LogP contribution in [0.25, 0.3) is 22.5 Å². The van der Waals surface area contributed by atoms with Gasteiger partial charge in [-0.2, -0.15) is 5.26 Å². The second-order valence-corrected chi connectivity index (χ2v) is 13.2. The number of hydrogen-bond acceptors (Lipinski definition) is 7. The third-order valence-corrected chi connectivity index (χ3v) is 8.79. The van der Waals surface area contributed by atoms with Crippen LogP contribution < -0.4 is 10.1 Å². The van der Waals surface area contributed by atoms with Crippen LogP contribution in [0.4, 0.5) is 0 Å². The summed E-state index contributed by atoms with van der Waals surface area (Å²) in [4.78, 5) is 47.1. The van der Waals surface area contributed by atoms with E-state index in [-0.39, 0.29) is 18.6 Å². The van der Waals surface area contributed by atoms with Crippen molar-refractivity contribution in [3.63, 3.8) is 0 Å². The third-order valence-electron chi connectivity index (χ3n) is 8.79. The minimum atomic E-state index is -1.16. The number of Topliss-reactive ketones (excluding diaryl/α,β-unsaturated/α-hetero) is 1. The van der Waals surface area contributed by atoms with Crippen molar-refractivity contribution in [2.75, 3.05) is 6.61 Å². The molecule has 0 aliphatic carbocycles. The van der Waals surface area contributed by atoms with Crippen molar-refractivity contribution < 1.29 is 24.2 Å². The molecule has 9 heteroatoms. The summed E-state index contributed by atoms with van der Waals surface area (Å²) in [6.45, 7) is 7.91. The molecule has 4 aromatic rings. The molecular weight excluding hydrogens is 628 g/mol. The molecular formula is C41H46N4O5. The number of carboxylic acid groups (broad SMARTS) is 1. The van der Waals surface area contributed by atoms with Crippen LogP contribution in [0.5, 0.6) is 5.75 Å². The summed E-state index contributed by atoms with van der Waals surface area (Å²) in [5.74, 6) is -1.34. The van der Waals surface area contributed by atoms with Crippen molar-refractivity contribution in [1.82, 2.24) is 15.3 Å². The van der Waals surface area contributed by atoms with E-state index in [1.54, 1.807) is 50.5 Å². The molecule has 0 aliphatic rings. The summed E-state index contributed by atoms with van der Waals surface area (Å²) in [7, 11) is 0. The highest BCUT2D eigenvalue weighted by Crippen LogP contribution is 2.26. The van der Waals surface area contributed by atoms with Crippen LogP contribution in [-0.4, -0.2) is 45.4 Å². The Morgan fingerprint density at radius 1 is 0.860 bits per heavy atom. The highest BCUT2D eigenvalue weighted by Gasteiger charge is 2.27. The van der Waals surface area contributed by atoms with Crippen molar-refractivity contribution in [3.05, 3.63) is 102 Å². The third kappa shape index (κ3) is 10.6. The fourth-order valence-corrected chi connectivity index (χ4v) is 5.47. The molecule has 9 nitrogen and oxygen atoms in total. The van der Waals surface area contributed by atoms with Gasteiger partial charge in [0.15, 0.2) is 11.6 Å². The van der Waals surface area contributed by atoms with Crippen LogP contribution in [0.15, 0.2) is 85.2 Å². The Labute approximate surface area is 294 Å². The Kier molecular flexibility index (Phi) is 13.4. The lowest BCUT2D eigenvalue weighted by Crippen LogP contribution is -2.42. The first kappa shape index (κ1) is 37.5. The fraction of sp³-hybridized carbons (Fsp3) is 0.366. The second-order valence-electron chi connectivity index (χ2n) is 13.2. The van der Waals surface area contributed by atoms with E-state index < -0.39 is 29.3 Å². The lowest BCUT2D eigenvalue weighted by atomic mass is 9.85. The number of hydrogen-bond donors (Lipinski definition) is 2. The maximum atomic E-state index is 13.3. The molecule has 0 spiro atoms. The van der Waals surface area contributed by atoms with Gasteiger partial charge in [0.2, 0.25) is 5.91 Å². The van der Waals surface area contributed by atoms with Gasteiger partial charge < -0.3 is 15.2 Å². The number of ether oxygens (including phenoxy) is 1. The molecule has 50 heavy (non-hydrogen) atoms. The zero-order valence-electron chi connectivity index (χ0n) is 29.3. The standard InChI is InChI=1S/C41H46N4O5/c1-5-6-7-8-9-22-50-36-20-16-30(17-21-36)34-25-43-38(44-26-34)32-12-10-29(11-13-32)23-33(39(47)45-28(2)40(48)49)24-37(46)31-14-18-35(19-15-31)41(3,4)27-42/h10-21,25-26,28,33H,5-9,22-24H2,1-4H3,(H,45,47)(H,48,49)/t28-,33-/m1/s1. The van der Waals surface area contributed by atoms with Gasteiger partial charge in [0.25, 0.3) is 0 Å². The number of nitriles is 1. The smallest absolute Gasteiger partial charge is 0.325 e. The van der Waals surface area contributed by atoms with Crippen LogP contribution >= 0.6 is 0 Å². The van der Waals surface area contributed by atoms with E-state index in [2.05, 4.69) is 28.3 Å². The lowest BCUT2D eigenvalue weighted by molar-refractivity contribution is -0.141. The molecule has 2 atom stereocenters. The number of unbranched alkanes of at least 4 members (excludes halogenated alkanes) is 4. The molecule has 0 saturated heterocycles. The minimum Gasteiger partial charge on any atom is -0.494 e. The van der Waals surface area contributed by atoms with Gasteiger partial charge >= 0.3 is 5.97 Å². The van der Waals surface area contributed by atoms with Crippen LogP contribution in [0.2, 0.25) is 0 Å². The highest BCUT2D eigenvalue weighted by molar-refractivity contribution is 5.99. The van der Waals surface area contributed by atoms with Crippen molar-refractivity contribution in [1.29, 1.82) is 5.26 Å². The summed E-state index contributed by atoms with van der Waals surface area (Å²) in [6.07, 6.45) is 9.66. The molecule has 3 aromatic carbocycles. The highest BCUT2D eigenvalue weighted by atomic mass is 16.5. The van der Waals surface area contributed by atoms with E-state index in [1.165, 1.54) is 32.6 Å². The van der Waals surface area contributed by atoms with Gasteiger partial charge in [0.05, 0.1) is 18.1 Å². The van der Waals surface area contributed by atoms with E-state index in [9.17, 15) is 24.8 Å². The first-order valence-electron chi connectivity index (χ1n) is 17.2. The van der Waals surface area contributed by atoms with Crippen molar-refractivity contribution in [3.8, 4) is 34.3 Å². The quantitative estimate of drug-likeness (QED) is 0.0799. The van der Waals surface area contributed by atoms with Gasteiger partial charge in [-0.3, -0.25) is 14.4 Å². The predicted octanol–water partition coefficient (Wildman–Crippen LogP) is 7.98. The molecule has 260 valence electrons. The summed E-state index contributed by atoms with van der Waals surface area (Å²) in [6, 6.07) is 23.3. The van der Waals surface area contributed by atoms with Gasteiger partial charge in [-0.05, 0) is 62.4 Å². The number of nitrogens with one attached hydrogen (secondary N) is 1.